The van der Waals surface area contributed by atoms with Gasteiger partial charge >= 0.3 is 0 Å². The summed E-state index contributed by atoms with van der Waals surface area (Å²) >= 11 is 5.95. The number of halogens is 1. The molecule has 0 spiro atoms. The summed E-state index contributed by atoms with van der Waals surface area (Å²) in [5.41, 5.74) is 3.29. The summed E-state index contributed by atoms with van der Waals surface area (Å²) in [6.07, 6.45) is 1.74. The van der Waals surface area contributed by atoms with Crippen LogP contribution < -0.4 is 5.32 Å². The maximum absolute atomic E-state index is 12.7. The van der Waals surface area contributed by atoms with E-state index in [0.717, 1.165) is 49.0 Å². The molecule has 2 aromatic carbocycles. The van der Waals surface area contributed by atoms with Crippen molar-refractivity contribution in [3.8, 4) is 0 Å². The molecule has 6 heteroatoms. The van der Waals surface area contributed by atoms with Crippen LogP contribution in [0.3, 0.4) is 0 Å². The molecule has 0 bridgehead atoms. The predicted octanol–water partition coefficient (Wildman–Crippen LogP) is 3.58. The molecule has 2 aromatic rings. The van der Waals surface area contributed by atoms with Crippen LogP contribution in [0.5, 0.6) is 0 Å². The fourth-order valence-corrected chi connectivity index (χ4v) is 4.23. The second-order valence-corrected chi connectivity index (χ2v) is 8.31. The zero-order chi connectivity index (χ0) is 20.2. The Bertz CT molecular complexity index is 876. The van der Waals surface area contributed by atoms with Gasteiger partial charge in [-0.15, -0.1) is 0 Å². The van der Waals surface area contributed by atoms with Gasteiger partial charge in [0.2, 0.25) is 11.8 Å². The van der Waals surface area contributed by atoms with Crippen LogP contribution in [-0.2, 0) is 22.6 Å². The number of nitrogens with one attached hydrogen (secondary N) is 1. The molecular formula is C23H26ClN3O2. The summed E-state index contributed by atoms with van der Waals surface area (Å²) < 4.78 is 0. The Morgan fingerprint density at radius 1 is 1.03 bits per heavy atom. The van der Waals surface area contributed by atoms with E-state index in [1.165, 1.54) is 5.56 Å². The molecule has 1 N–H and O–H groups in total. The summed E-state index contributed by atoms with van der Waals surface area (Å²) in [7, 11) is 0. The molecule has 2 aliphatic heterocycles. The minimum Gasteiger partial charge on any atom is -0.340 e. The largest absolute Gasteiger partial charge is 0.340 e. The Morgan fingerprint density at radius 3 is 2.52 bits per heavy atom. The first-order valence-electron chi connectivity index (χ1n) is 10.2. The van der Waals surface area contributed by atoms with Crippen molar-refractivity contribution in [1.82, 2.24) is 9.80 Å². The zero-order valence-electron chi connectivity index (χ0n) is 16.4. The number of para-hydroxylation sites is 1. The lowest BCUT2D eigenvalue weighted by Gasteiger charge is -2.35. The number of carbonyl (C=O) groups is 2. The molecule has 0 aliphatic carbocycles. The van der Waals surface area contributed by atoms with Crippen molar-refractivity contribution in [2.75, 3.05) is 31.5 Å². The Hall–Kier alpha value is -2.37. The molecule has 29 heavy (non-hydrogen) atoms. The van der Waals surface area contributed by atoms with Crippen LogP contribution in [0.4, 0.5) is 5.69 Å². The molecule has 152 valence electrons. The average Bonchev–Trinajstić information content (AvgIpc) is 2.74. The summed E-state index contributed by atoms with van der Waals surface area (Å²) in [6.45, 7) is 4.09. The van der Waals surface area contributed by atoms with E-state index in [2.05, 4.69) is 10.2 Å². The van der Waals surface area contributed by atoms with Gasteiger partial charge in [-0.3, -0.25) is 14.5 Å². The van der Waals surface area contributed by atoms with Gasteiger partial charge < -0.3 is 10.2 Å². The highest BCUT2D eigenvalue weighted by Crippen LogP contribution is 2.27. The van der Waals surface area contributed by atoms with Gasteiger partial charge in [-0.25, -0.2) is 0 Å². The molecule has 5 nitrogen and oxygen atoms in total. The second-order valence-electron chi connectivity index (χ2n) is 7.87. The molecule has 1 atom stereocenters. The molecule has 1 saturated heterocycles. The average molecular weight is 412 g/mol. The van der Waals surface area contributed by atoms with Gasteiger partial charge in [-0.05, 0) is 42.2 Å². The van der Waals surface area contributed by atoms with Gasteiger partial charge in [0.15, 0.2) is 0 Å². The highest BCUT2D eigenvalue weighted by molar-refractivity contribution is 6.30. The monoisotopic (exact) mass is 411 g/mol. The van der Waals surface area contributed by atoms with Crippen LogP contribution in [-0.4, -0.2) is 47.8 Å². The quantitative estimate of drug-likeness (QED) is 0.818. The molecule has 2 heterocycles. The SMILES string of the molecule is O=C1Nc2ccccc2CC1CCC(=O)N1CCN(Cc2ccc(Cl)cc2)CC1. The van der Waals surface area contributed by atoms with Crippen molar-refractivity contribution < 1.29 is 9.59 Å². The smallest absolute Gasteiger partial charge is 0.227 e. The summed E-state index contributed by atoms with van der Waals surface area (Å²) in [5, 5.41) is 3.72. The van der Waals surface area contributed by atoms with Crippen LogP contribution >= 0.6 is 11.6 Å². The lowest BCUT2D eigenvalue weighted by molar-refractivity contribution is -0.133. The topological polar surface area (TPSA) is 52.7 Å². The molecule has 4 rings (SSSR count). The number of fused-ring (bicyclic) bond motifs is 1. The van der Waals surface area contributed by atoms with Crippen molar-refractivity contribution in [3.05, 3.63) is 64.7 Å². The number of benzene rings is 2. The van der Waals surface area contributed by atoms with E-state index in [1.54, 1.807) is 0 Å². The molecule has 1 unspecified atom stereocenters. The van der Waals surface area contributed by atoms with Gasteiger partial charge in [0.1, 0.15) is 0 Å². The summed E-state index contributed by atoms with van der Waals surface area (Å²) in [4.78, 5) is 29.3. The maximum Gasteiger partial charge on any atom is 0.227 e. The van der Waals surface area contributed by atoms with Gasteiger partial charge in [-0.2, -0.15) is 0 Å². The standard InChI is InChI=1S/C23H26ClN3O2/c24-20-8-5-17(6-9-20)16-26-11-13-27(14-12-26)22(28)10-7-19-15-18-3-1-2-4-21(18)25-23(19)29/h1-6,8-9,19H,7,10-16H2,(H,25,29). The van der Waals surface area contributed by atoms with E-state index in [9.17, 15) is 9.59 Å². The number of hydrogen-bond donors (Lipinski definition) is 1. The van der Waals surface area contributed by atoms with E-state index in [1.807, 2.05) is 53.4 Å². The maximum atomic E-state index is 12.7. The first kappa shape index (κ1) is 19.9. The normalized spacial score (nSPS) is 19.6. The fraction of sp³-hybridized carbons (Fsp3) is 0.391. The van der Waals surface area contributed by atoms with Crippen molar-refractivity contribution in [3.63, 3.8) is 0 Å². The first-order chi connectivity index (χ1) is 14.1. The highest BCUT2D eigenvalue weighted by atomic mass is 35.5. The predicted molar refractivity (Wildman–Crippen MR) is 115 cm³/mol. The molecule has 0 radical (unpaired) electrons. The van der Waals surface area contributed by atoms with Gasteiger partial charge in [-0.1, -0.05) is 41.9 Å². The van der Waals surface area contributed by atoms with Crippen LogP contribution in [0, 0.1) is 5.92 Å². The lowest BCUT2D eigenvalue weighted by atomic mass is 9.89. The number of hydrogen-bond acceptors (Lipinski definition) is 3. The summed E-state index contributed by atoms with van der Waals surface area (Å²) in [5.74, 6) is 0.0622. The van der Waals surface area contributed by atoms with Crippen molar-refractivity contribution >= 4 is 29.1 Å². The molecular weight excluding hydrogens is 386 g/mol. The van der Waals surface area contributed by atoms with Gasteiger partial charge in [0.25, 0.3) is 0 Å². The van der Waals surface area contributed by atoms with E-state index < -0.39 is 0 Å². The Labute approximate surface area is 176 Å². The Kier molecular flexibility index (Phi) is 6.16. The third-order valence-corrected chi connectivity index (χ3v) is 6.12. The number of nitrogens with zero attached hydrogens (tertiary/aromatic N) is 2. The van der Waals surface area contributed by atoms with E-state index in [0.29, 0.717) is 19.3 Å². The third-order valence-electron chi connectivity index (χ3n) is 5.86. The molecule has 0 aromatic heterocycles. The Balaban J connectivity index is 1.23. The Morgan fingerprint density at radius 2 is 1.76 bits per heavy atom. The van der Waals surface area contributed by atoms with Crippen LogP contribution in [0.25, 0.3) is 0 Å². The second kappa shape index (κ2) is 8.97. The molecule has 1 fully saturated rings. The lowest BCUT2D eigenvalue weighted by Crippen LogP contribution is -2.48. The van der Waals surface area contributed by atoms with Gasteiger partial charge in [0.05, 0.1) is 0 Å². The van der Waals surface area contributed by atoms with Crippen molar-refractivity contribution in [2.24, 2.45) is 5.92 Å². The van der Waals surface area contributed by atoms with Crippen LogP contribution in [0.2, 0.25) is 5.02 Å². The minimum atomic E-state index is -0.125. The number of rotatable bonds is 5. The highest BCUT2D eigenvalue weighted by Gasteiger charge is 2.28. The van der Waals surface area contributed by atoms with Crippen LogP contribution in [0.15, 0.2) is 48.5 Å². The molecule has 2 amide bonds. The van der Waals surface area contributed by atoms with Crippen LogP contribution in [0.1, 0.15) is 24.0 Å². The molecule has 2 aliphatic rings. The molecule has 0 saturated carbocycles. The number of piperazine rings is 1. The van der Waals surface area contributed by atoms with Crippen molar-refractivity contribution in [2.45, 2.75) is 25.8 Å². The number of carbonyl (C=O) groups excluding carboxylic acids is 2. The number of amides is 2. The zero-order valence-corrected chi connectivity index (χ0v) is 17.2. The minimum absolute atomic E-state index is 0.0317. The van der Waals surface area contributed by atoms with Gasteiger partial charge in [0, 0.05) is 55.8 Å². The third kappa shape index (κ3) is 4.98. The fourth-order valence-electron chi connectivity index (χ4n) is 4.11. The van der Waals surface area contributed by atoms with Crippen molar-refractivity contribution in [1.29, 1.82) is 0 Å². The van der Waals surface area contributed by atoms with E-state index in [4.69, 9.17) is 11.6 Å². The summed E-state index contributed by atoms with van der Waals surface area (Å²) in [6, 6.07) is 15.8. The van der Waals surface area contributed by atoms with E-state index in [-0.39, 0.29) is 17.7 Å². The number of anilines is 1. The first-order valence-corrected chi connectivity index (χ1v) is 10.6. The van der Waals surface area contributed by atoms with E-state index >= 15 is 0 Å².